The standard InChI is InChI=1S/C27H40N8O2.C25H36N8O2.C24H35N9O2.C22H32N8O2/c36-26(31-21-9-12-27(13-10-21)16-37-17-27)30-20-7-5-19(6-8-20)29-25-28-14-11-23(33-25)32-24-15-22(34-35-24)18-3-1-2-4-18;34-24(29-19-12-25(13-19)14-35-15-25)28-18-7-5-17(6-8-18)27-23-26-10-9-21(31-23)30-22-11-20(32-33-22)16-3-1-2-4-16;1-15(34)33-13-19(14-33)28-24(35)27-18-8-6-17(7-9-18)26-23-25-11-10-21(30-23)29-22-12-20(31-32-22)16-4-2-3-5-16;31-22(26-17-12-32-13-17)25-16-7-5-15(6-8-16)24-21-23-10-9-19(28-21)27-20-11-18(29-30-20)14-3-1-2-4-14/h11,14-15,18-21H,1-10,12-13,16-17H2,(H2,30,31,36)(H3,28,29,32,33,34,35);9-11,16-19H,1-8,12-15H2,(H2,28,29,34)(H3,26,27,30,31,32,33);10-12,16-19H,2-9,13-14H2,1H3,(H2,27,28,35)(H3,25,26,29,30,31,32);9-11,14-17H,1-8,12-13H2,(H2,25,26,31)(H3,23,24,27,28,29,30). The van der Waals surface area contributed by atoms with Gasteiger partial charge in [-0.05, 0) is 217 Å². The van der Waals surface area contributed by atoms with Crippen LogP contribution in [0.5, 0.6) is 0 Å². The molecular weight excluding hydrogens is 1770 g/mol. The lowest BCUT2D eigenvalue weighted by atomic mass is 9.64. The molecule has 14 aliphatic rings. The van der Waals surface area contributed by atoms with Crippen LogP contribution in [0.1, 0.15) is 297 Å². The number of aromatic nitrogens is 16. The summed E-state index contributed by atoms with van der Waals surface area (Å²) < 4.78 is 15.8. The zero-order valence-electron chi connectivity index (χ0n) is 80.3. The van der Waals surface area contributed by atoms with Gasteiger partial charge in [0.1, 0.15) is 23.3 Å². The number of hydrogen-bond donors (Lipinski definition) is 20. The number of likely N-dealkylation sites (tertiary alicyclic amines) is 1. The van der Waals surface area contributed by atoms with Crippen LogP contribution in [0, 0.1) is 10.8 Å². The van der Waals surface area contributed by atoms with Crippen LogP contribution in [0.2, 0.25) is 0 Å². The summed E-state index contributed by atoms with van der Waals surface area (Å²) in [7, 11) is 0. The highest BCUT2D eigenvalue weighted by Crippen LogP contribution is 2.48. The van der Waals surface area contributed by atoms with E-state index in [0.717, 1.165) is 208 Å². The Morgan fingerprint density at radius 3 is 0.820 bits per heavy atom. The van der Waals surface area contributed by atoms with Crippen molar-refractivity contribution in [1.29, 1.82) is 0 Å². The number of carbonyl (C=O) groups excluding carboxylic acids is 5. The average Bonchev–Trinajstić information content (AvgIpc) is 1.28. The van der Waals surface area contributed by atoms with Crippen LogP contribution in [-0.2, 0) is 19.0 Å². The smallest absolute Gasteiger partial charge is 0.315 e. The summed E-state index contributed by atoms with van der Waals surface area (Å²) in [5.74, 6) is 10.9. The fourth-order valence-electron chi connectivity index (χ4n) is 22.7. The van der Waals surface area contributed by atoms with Gasteiger partial charge in [-0.25, -0.2) is 39.1 Å². The quantitative estimate of drug-likeness (QED) is 0.0216. The first-order valence-corrected chi connectivity index (χ1v) is 51.9. The molecule has 4 aliphatic heterocycles. The zero-order chi connectivity index (χ0) is 94.7. The number of nitrogens with one attached hydrogen (secondary N) is 20. The minimum Gasteiger partial charge on any atom is -0.380 e. The predicted molar refractivity (Wildman–Crippen MR) is 528 cm³/mol. The van der Waals surface area contributed by atoms with Gasteiger partial charge in [-0.2, -0.15) is 40.3 Å². The number of rotatable bonds is 28. The number of amides is 9. The highest BCUT2D eigenvalue weighted by atomic mass is 16.5. The Morgan fingerprint density at radius 1 is 0.302 bits per heavy atom. The van der Waals surface area contributed by atoms with E-state index < -0.39 is 0 Å². The molecule has 2 spiro atoms. The van der Waals surface area contributed by atoms with E-state index in [1.165, 1.54) is 126 Å². The molecule has 41 nitrogen and oxygen atoms in total. The summed E-state index contributed by atoms with van der Waals surface area (Å²) in [6, 6.07) is 18.2. The van der Waals surface area contributed by atoms with Crippen molar-refractivity contribution in [1.82, 2.24) is 128 Å². The van der Waals surface area contributed by atoms with Crippen LogP contribution < -0.4 is 85.1 Å². The maximum atomic E-state index is 12.6. The molecule has 0 bridgehead atoms. The first kappa shape index (κ1) is 95.9. The zero-order valence-corrected chi connectivity index (χ0v) is 80.3. The normalized spacial score (nSPS) is 25.2. The van der Waals surface area contributed by atoms with Gasteiger partial charge < -0.3 is 104 Å². The fraction of sp³-hybridized carbons (Fsp3) is 0.663. The largest absolute Gasteiger partial charge is 0.380 e. The SMILES string of the molecule is CC(=O)N1CC(NC(=O)NC2CCC(Nc3nccc(Nc4cc(C5CCCC5)[nH]n4)n3)CC2)C1.O=C(NC1CCC(Nc2nccc(Nc3cc(C4CCCC4)[nH]n3)n2)CC1)NC1CC2(COC2)C1.O=C(NC1CCC(Nc2nccc(Nc3cc(C4CCCC4)[nH]n3)n2)CC1)NC1CCC2(CC1)COC2.O=C(NC1CCC(Nc2nccc(Nc3cc(C4CCCC4)[nH]n3)n2)CC1)NC1COC1. The van der Waals surface area contributed by atoms with E-state index in [9.17, 15) is 24.0 Å². The Bertz CT molecular complexity index is 5270. The van der Waals surface area contributed by atoms with Crippen molar-refractivity contribution in [2.45, 2.75) is 347 Å². The second-order valence-corrected chi connectivity index (χ2v) is 41.8. The number of ether oxygens (including phenoxy) is 3. The van der Waals surface area contributed by atoms with Gasteiger partial charge in [0, 0.05) is 187 Å². The highest BCUT2D eigenvalue weighted by Gasteiger charge is 2.50. The summed E-state index contributed by atoms with van der Waals surface area (Å²) in [5, 5.41) is 82.1. The molecule has 10 saturated carbocycles. The highest BCUT2D eigenvalue weighted by molar-refractivity contribution is 5.78. The third-order valence-electron chi connectivity index (χ3n) is 31.1. The number of anilines is 12. The summed E-state index contributed by atoms with van der Waals surface area (Å²) in [4.78, 5) is 98.3. The Hall–Kier alpha value is -12.0. The van der Waals surface area contributed by atoms with Crippen LogP contribution in [0.3, 0.4) is 0 Å². The Morgan fingerprint density at radius 2 is 0.561 bits per heavy atom. The molecule has 14 fully saturated rings. The molecule has 139 heavy (non-hydrogen) atoms. The third-order valence-corrected chi connectivity index (χ3v) is 31.1. The first-order chi connectivity index (χ1) is 68.0. The number of carbonyl (C=O) groups is 5. The number of hydrogen-bond acceptors (Lipinski definition) is 28. The molecule has 0 unspecified atom stereocenters. The summed E-state index contributed by atoms with van der Waals surface area (Å²) >= 11 is 0. The number of H-pyrrole nitrogens is 4. The van der Waals surface area contributed by atoms with Crippen LogP contribution in [0.25, 0.3) is 0 Å². The molecule has 748 valence electrons. The first-order valence-electron chi connectivity index (χ1n) is 51.9. The van der Waals surface area contributed by atoms with Gasteiger partial charge in [-0.3, -0.25) is 25.2 Å². The van der Waals surface area contributed by atoms with Crippen LogP contribution in [0.4, 0.5) is 89.5 Å². The van der Waals surface area contributed by atoms with Gasteiger partial charge in [0.2, 0.25) is 29.7 Å². The van der Waals surface area contributed by atoms with Crippen LogP contribution >= 0.6 is 0 Å². The van der Waals surface area contributed by atoms with E-state index in [4.69, 9.17) is 14.2 Å². The van der Waals surface area contributed by atoms with Crippen molar-refractivity contribution in [2.75, 3.05) is 95.3 Å². The monoisotopic (exact) mass is 1910 g/mol. The summed E-state index contributed by atoms with van der Waals surface area (Å²) in [6.45, 7) is 7.48. The fourth-order valence-corrected chi connectivity index (χ4v) is 22.7. The van der Waals surface area contributed by atoms with Crippen LogP contribution in [-0.4, -0.2) is 241 Å². The van der Waals surface area contributed by atoms with Crippen molar-refractivity contribution in [3.05, 3.63) is 96.1 Å². The molecular formula is C98H143N33O8. The van der Waals surface area contributed by atoms with E-state index in [2.05, 4.69) is 190 Å². The predicted octanol–water partition coefficient (Wildman–Crippen LogP) is 14.3. The van der Waals surface area contributed by atoms with E-state index in [1.807, 2.05) is 24.3 Å². The second-order valence-electron chi connectivity index (χ2n) is 41.8. The Kier molecular flexibility index (Phi) is 31.7. The molecule has 0 atom stereocenters. The van der Waals surface area contributed by atoms with E-state index in [0.29, 0.717) is 115 Å². The van der Waals surface area contributed by atoms with Gasteiger partial charge in [-0.1, -0.05) is 51.4 Å². The van der Waals surface area contributed by atoms with Gasteiger partial charge in [-0.15, -0.1) is 0 Å². The van der Waals surface area contributed by atoms with E-state index in [1.54, 1.807) is 36.6 Å². The maximum Gasteiger partial charge on any atom is 0.315 e. The number of nitrogens with zero attached hydrogens (tertiary/aromatic N) is 13. The molecule has 10 aliphatic carbocycles. The molecule has 12 heterocycles. The van der Waals surface area contributed by atoms with Crippen LogP contribution in [0.15, 0.2) is 73.3 Å². The third kappa shape index (κ3) is 27.0. The molecule has 4 saturated heterocycles. The topological polar surface area (TPSA) is 527 Å². The molecule has 22 rings (SSSR count). The van der Waals surface area contributed by atoms with Crippen molar-refractivity contribution >= 4 is 100 Å². The van der Waals surface area contributed by atoms with Gasteiger partial charge in [0.25, 0.3) is 0 Å². The van der Waals surface area contributed by atoms with Crippen molar-refractivity contribution in [3.63, 3.8) is 0 Å². The average molecular weight is 1910 g/mol. The van der Waals surface area contributed by atoms with Crippen molar-refractivity contribution in [3.8, 4) is 0 Å². The molecule has 0 radical (unpaired) electrons. The number of urea groups is 4. The Labute approximate surface area is 811 Å². The minimum atomic E-state index is -0.147. The number of aromatic amines is 4. The molecule has 0 aromatic carbocycles. The van der Waals surface area contributed by atoms with E-state index >= 15 is 0 Å². The van der Waals surface area contributed by atoms with Gasteiger partial charge >= 0.3 is 24.1 Å². The molecule has 41 heteroatoms. The van der Waals surface area contributed by atoms with Gasteiger partial charge in [0.15, 0.2) is 23.3 Å². The molecule has 8 aromatic rings. The molecule has 20 N–H and O–H groups in total. The minimum absolute atomic E-state index is 0.0150. The maximum absolute atomic E-state index is 12.6. The lowest BCUT2D eigenvalue weighted by Gasteiger charge is -2.53. The second kappa shape index (κ2) is 45.9. The molecule has 8 aromatic heterocycles. The van der Waals surface area contributed by atoms with E-state index in [-0.39, 0.29) is 78.4 Å². The lowest BCUT2D eigenvalue weighted by molar-refractivity contribution is -0.165. The van der Waals surface area contributed by atoms with Crippen molar-refractivity contribution in [2.24, 2.45) is 10.8 Å². The van der Waals surface area contributed by atoms with Crippen molar-refractivity contribution < 1.29 is 38.2 Å². The van der Waals surface area contributed by atoms with Gasteiger partial charge in [0.05, 0.1) is 51.7 Å². The summed E-state index contributed by atoms with van der Waals surface area (Å²) in [6.07, 6.45) is 49.0. The lowest BCUT2D eigenvalue weighted by Crippen LogP contribution is -2.62. The molecule has 9 amide bonds. The summed E-state index contributed by atoms with van der Waals surface area (Å²) in [5.41, 5.74) is 5.60. The Balaban J connectivity index is 0.000000118.